The number of para-hydroxylation sites is 2. The number of tetrazole rings is 1. The van der Waals surface area contributed by atoms with Gasteiger partial charge in [-0.2, -0.15) is 10.2 Å². The topological polar surface area (TPSA) is 204 Å². The van der Waals surface area contributed by atoms with Gasteiger partial charge >= 0.3 is 0 Å². The molecule has 0 radical (unpaired) electrons. The van der Waals surface area contributed by atoms with Crippen LogP contribution < -0.4 is 14.2 Å². The third-order valence-electron chi connectivity index (χ3n) is 5.93. The van der Waals surface area contributed by atoms with E-state index in [-0.39, 0.29) is 59.0 Å². The number of nitrogens with zero attached hydrogens (tertiary/aromatic N) is 8. The fourth-order valence-corrected chi connectivity index (χ4v) is 4.66. The lowest BCUT2D eigenvalue weighted by Gasteiger charge is -2.16. The van der Waals surface area contributed by atoms with Crippen LogP contribution in [0.3, 0.4) is 0 Å². The SMILES string of the molecule is COc1ccccc1Oc1c(N=S(=O)(O)c2ccc(C(C)C)cn2)nc(-c2ccnc(-c3nn[nH]n3)c2)nc1OCCO. The molecular weight excluding hydrogens is 578 g/mol. The molecule has 0 amide bonds. The Labute approximate surface area is 246 Å². The smallest absolute Gasteiger partial charge is 0.263 e. The predicted molar refractivity (Wildman–Crippen MR) is 154 cm³/mol. The van der Waals surface area contributed by atoms with Gasteiger partial charge in [0.05, 0.1) is 13.7 Å². The van der Waals surface area contributed by atoms with Gasteiger partial charge in [0, 0.05) is 18.0 Å². The molecular formula is C27H27N9O6S. The number of aromatic nitrogens is 8. The van der Waals surface area contributed by atoms with Crippen molar-refractivity contribution in [3.05, 3.63) is 66.5 Å². The monoisotopic (exact) mass is 605 g/mol. The minimum atomic E-state index is -4.15. The summed E-state index contributed by atoms with van der Waals surface area (Å²) in [6.45, 7) is 3.45. The minimum Gasteiger partial charge on any atom is -0.493 e. The fraction of sp³-hybridized carbons (Fsp3) is 0.222. The number of rotatable bonds is 11. The molecule has 0 saturated carbocycles. The molecule has 0 bridgehead atoms. The van der Waals surface area contributed by atoms with Crippen LogP contribution in [0, 0.1) is 0 Å². The number of nitrogens with one attached hydrogen (secondary N) is 1. The number of pyridine rings is 2. The molecule has 4 heterocycles. The summed E-state index contributed by atoms with van der Waals surface area (Å²) >= 11 is 0. The summed E-state index contributed by atoms with van der Waals surface area (Å²) < 4.78 is 46.1. The third kappa shape index (κ3) is 6.72. The van der Waals surface area contributed by atoms with Crippen molar-refractivity contribution >= 4 is 15.8 Å². The Morgan fingerprint density at radius 3 is 2.53 bits per heavy atom. The lowest BCUT2D eigenvalue weighted by Crippen LogP contribution is -2.08. The molecule has 1 unspecified atom stereocenters. The first-order valence-electron chi connectivity index (χ1n) is 12.9. The molecule has 5 rings (SSSR count). The fourth-order valence-electron chi connectivity index (χ4n) is 3.77. The maximum atomic E-state index is 13.6. The van der Waals surface area contributed by atoms with Gasteiger partial charge < -0.3 is 19.3 Å². The highest BCUT2D eigenvalue weighted by molar-refractivity contribution is 7.88. The average molecular weight is 606 g/mol. The van der Waals surface area contributed by atoms with E-state index in [1.54, 1.807) is 42.5 Å². The third-order valence-corrected chi connectivity index (χ3v) is 7.14. The molecule has 43 heavy (non-hydrogen) atoms. The zero-order chi connectivity index (χ0) is 30.4. The van der Waals surface area contributed by atoms with Crippen LogP contribution in [0.25, 0.3) is 22.9 Å². The van der Waals surface area contributed by atoms with Crippen molar-refractivity contribution in [1.29, 1.82) is 0 Å². The highest BCUT2D eigenvalue weighted by Gasteiger charge is 2.24. The van der Waals surface area contributed by atoms with Crippen LogP contribution in [-0.2, 0) is 10.0 Å². The van der Waals surface area contributed by atoms with E-state index in [2.05, 4.69) is 44.9 Å². The van der Waals surface area contributed by atoms with Gasteiger partial charge in [-0.1, -0.05) is 32.0 Å². The Kier molecular flexibility index (Phi) is 8.79. The standard InChI is InChI=1S/C27H27N9O6S/c1-16(2)18-8-9-22(29-15-18)43(38,39)34-26-23(42-21-7-5-4-6-20(21)40-3)27(41-13-12-37)31-24(30-26)17-10-11-28-19(14-17)25-32-35-36-33-25/h4-11,14-16,37H,12-13H2,1-3H3,(H,32,33,35,36)(H,30,31,34,38,39). The Morgan fingerprint density at radius 1 is 1.05 bits per heavy atom. The second-order valence-corrected chi connectivity index (χ2v) is 10.8. The van der Waals surface area contributed by atoms with Crippen LogP contribution in [-0.4, -0.2) is 74.8 Å². The molecule has 0 aliphatic carbocycles. The van der Waals surface area contributed by atoms with Crippen LogP contribution in [0.15, 0.2) is 70.3 Å². The summed E-state index contributed by atoms with van der Waals surface area (Å²) in [5.74, 6) is 0.388. The van der Waals surface area contributed by atoms with E-state index in [0.717, 1.165) is 5.56 Å². The Balaban J connectivity index is 1.71. The van der Waals surface area contributed by atoms with Crippen LogP contribution in [0.4, 0.5) is 5.82 Å². The molecule has 222 valence electrons. The van der Waals surface area contributed by atoms with Crippen molar-refractivity contribution in [2.24, 2.45) is 4.36 Å². The second-order valence-electron chi connectivity index (χ2n) is 9.17. The number of aliphatic hydroxyl groups is 1. The van der Waals surface area contributed by atoms with Crippen molar-refractivity contribution in [2.75, 3.05) is 20.3 Å². The number of aromatic amines is 1. The molecule has 0 spiro atoms. The molecule has 5 aromatic rings. The minimum absolute atomic E-state index is 0.0459. The van der Waals surface area contributed by atoms with Gasteiger partial charge in [-0.25, -0.2) is 14.2 Å². The predicted octanol–water partition coefficient (Wildman–Crippen LogP) is 4.04. The molecule has 16 heteroatoms. The van der Waals surface area contributed by atoms with Gasteiger partial charge in [0.15, 0.2) is 22.3 Å². The van der Waals surface area contributed by atoms with Crippen LogP contribution >= 0.6 is 0 Å². The number of benzene rings is 1. The quantitative estimate of drug-likeness (QED) is 0.195. The van der Waals surface area contributed by atoms with Crippen LogP contribution in [0.1, 0.15) is 25.3 Å². The van der Waals surface area contributed by atoms with Gasteiger partial charge in [0.25, 0.3) is 5.88 Å². The largest absolute Gasteiger partial charge is 0.493 e. The summed E-state index contributed by atoms with van der Waals surface area (Å²) in [4.78, 5) is 17.4. The molecule has 1 atom stereocenters. The summed E-state index contributed by atoms with van der Waals surface area (Å²) in [6.07, 6.45) is 3.01. The molecule has 0 fully saturated rings. The highest BCUT2D eigenvalue weighted by atomic mass is 32.2. The van der Waals surface area contributed by atoms with Gasteiger partial charge in [0.1, 0.15) is 12.3 Å². The van der Waals surface area contributed by atoms with Crippen molar-refractivity contribution < 1.29 is 28.1 Å². The number of methoxy groups -OCH3 is 1. The Hall–Kier alpha value is -5.06. The summed E-state index contributed by atoms with van der Waals surface area (Å²) in [7, 11) is -2.69. The van der Waals surface area contributed by atoms with Crippen molar-refractivity contribution in [1.82, 2.24) is 40.6 Å². The van der Waals surface area contributed by atoms with E-state index in [1.165, 1.54) is 25.6 Å². The molecule has 0 aliphatic rings. The normalized spacial score (nSPS) is 12.5. The summed E-state index contributed by atoms with van der Waals surface area (Å²) in [5, 5.41) is 23.1. The van der Waals surface area contributed by atoms with Crippen molar-refractivity contribution in [3.8, 4) is 46.0 Å². The van der Waals surface area contributed by atoms with Crippen LogP contribution in [0.5, 0.6) is 23.1 Å². The maximum Gasteiger partial charge on any atom is 0.263 e. The molecule has 3 N–H and O–H groups in total. The van der Waals surface area contributed by atoms with E-state index in [9.17, 15) is 13.9 Å². The zero-order valence-electron chi connectivity index (χ0n) is 23.3. The van der Waals surface area contributed by atoms with E-state index < -0.39 is 10.0 Å². The van der Waals surface area contributed by atoms with Gasteiger partial charge in [-0.05, 0) is 47.0 Å². The average Bonchev–Trinajstić information content (AvgIpc) is 3.57. The Morgan fingerprint density at radius 2 is 1.86 bits per heavy atom. The highest BCUT2D eigenvalue weighted by Crippen LogP contribution is 2.43. The first-order chi connectivity index (χ1) is 20.8. The lowest BCUT2D eigenvalue weighted by molar-refractivity contribution is 0.192. The second kappa shape index (κ2) is 12.8. The van der Waals surface area contributed by atoms with E-state index in [1.807, 2.05) is 13.8 Å². The molecule has 0 saturated heterocycles. The van der Waals surface area contributed by atoms with E-state index in [4.69, 9.17) is 14.2 Å². The van der Waals surface area contributed by atoms with E-state index in [0.29, 0.717) is 17.0 Å². The van der Waals surface area contributed by atoms with Gasteiger partial charge in [-0.15, -0.1) is 14.6 Å². The van der Waals surface area contributed by atoms with E-state index >= 15 is 0 Å². The molecule has 1 aromatic carbocycles. The first kappa shape index (κ1) is 29.4. The van der Waals surface area contributed by atoms with Crippen LogP contribution in [0.2, 0.25) is 0 Å². The van der Waals surface area contributed by atoms with Gasteiger partial charge in [-0.3, -0.25) is 9.54 Å². The van der Waals surface area contributed by atoms with Crippen molar-refractivity contribution in [3.63, 3.8) is 0 Å². The number of ether oxygens (including phenoxy) is 3. The number of hydrogen-bond acceptors (Lipinski definition) is 13. The summed E-state index contributed by atoms with van der Waals surface area (Å²) in [6, 6.07) is 13.1. The first-order valence-corrected chi connectivity index (χ1v) is 14.4. The number of H-pyrrole nitrogens is 1. The molecule has 4 aromatic heterocycles. The summed E-state index contributed by atoms with van der Waals surface area (Å²) in [5.41, 5.74) is 1.67. The lowest BCUT2D eigenvalue weighted by atomic mass is 10.1. The maximum absolute atomic E-state index is 13.6. The van der Waals surface area contributed by atoms with Gasteiger partial charge in [0.2, 0.25) is 27.4 Å². The zero-order valence-corrected chi connectivity index (χ0v) is 24.1. The van der Waals surface area contributed by atoms with Crippen molar-refractivity contribution in [2.45, 2.75) is 24.8 Å². The number of hydrogen-bond donors (Lipinski definition) is 3. The molecule has 0 aliphatic heterocycles. The Bertz CT molecular complexity index is 1830. The number of aliphatic hydroxyl groups excluding tert-OH is 1. The molecule has 15 nitrogen and oxygen atoms in total.